The molecule has 8 heteroatoms. The van der Waals surface area contributed by atoms with E-state index in [2.05, 4.69) is 0 Å². The number of carbonyl (C=O) groups excluding carboxylic acids is 4. The van der Waals surface area contributed by atoms with Crippen LogP contribution in [0.5, 0.6) is 0 Å². The summed E-state index contributed by atoms with van der Waals surface area (Å²) in [5, 5.41) is 0. The summed E-state index contributed by atoms with van der Waals surface area (Å²) in [5.41, 5.74) is -5.00. The molecular weight excluding hydrogens is 464 g/mol. The molecule has 0 aromatic rings. The van der Waals surface area contributed by atoms with Crippen molar-refractivity contribution in [3.63, 3.8) is 0 Å². The molecule has 4 fully saturated rings. The van der Waals surface area contributed by atoms with Crippen LogP contribution in [0.2, 0.25) is 0 Å². The second-order valence-electron chi connectivity index (χ2n) is 11.7. The van der Waals surface area contributed by atoms with Crippen LogP contribution in [-0.4, -0.2) is 52.3 Å². The van der Waals surface area contributed by atoms with Gasteiger partial charge in [-0.3, -0.25) is 19.2 Å². The molecule has 4 saturated carbocycles. The number of ether oxygens (including phenoxy) is 4. The van der Waals surface area contributed by atoms with Gasteiger partial charge in [0.2, 0.25) is 0 Å². The fourth-order valence-electron chi connectivity index (χ4n) is 9.51. The first kappa shape index (κ1) is 26.9. The average molecular weight is 507 g/mol. The van der Waals surface area contributed by atoms with Gasteiger partial charge in [0.25, 0.3) is 0 Å². The van der Waals surface area contributed by atoms with Gasteiger partial charge in [0.05, 0.1) is 40.3 Å². The van der Waals surface area contributed by atoms with Crippen LogP contribution in [0.15, 0.2) is 0 Å². The van der Waals surface area contributed by atoms with Crippen molar-refractivity contribution < 1.29 is 38.1 Å². The van der Waals surface area contributed by atoms with Crippen LogP contribution < -0.4 is 0 Å². The van der Waals surface area contributed by atoms with Crippen molar-refractivity contribution in [2.75, 3.05) is 28.4 Å². The average Bonchev–Trinajstić information content (AvgIpc) is 3.73. The summed E-state index contributed by atoms with van der Waals surface area (Å²) < 4.78 is 21.4. The van der Waals surface area contributed by atoms with E-state index in [-0.39, 0.29) is 11.8 Å². The SMILES string of the molecule is COC(=O)C1[C@](C)(C2CCCCC2)[C@@]1(C(=O)OC)[C@@]1(C(=O)OC)C(C(=O)OC)[C@@]1(C)C1CCCCC1. The molecule has 202 valence electrons. The maximum atomic E-state index is 14.1. The topological polar surface area (TPSA) is 105 Å². The Bertz CT molecular complexity index is 845. The van der Waals surface area contributed by atoms with Gasteiger partial charge in [-0.2, -0.15) is 0 Å². The molecule has 0 spiro atoms. The molecule has 8 nitrogen and oxygen atoms in total. The molecular formula is C28H42O8. The maximum Gasteiger partial charge on any atom is 0.314 e. The first-order valence-electron chi connectivity index (χ1n) is 13.5. The summed E-state index contributed by atoms with van der Waals surface area (Å²) in [7, 11) is 5.19. The lowest BCUT2D eigenvalue weighted by molar-refractivity contribution is -0.171. The number of rotatable bonds is 7. The van der Waals surface area contributed by atoms with Crippen molar-refractivity contribution in [1.82, 2.24) is 0 Å². The van der Waals surface area contributed by atoms with Crippen molar-refractivity contribution in [2.45, 2.75) is 78.1 Å². The summed E-state index contributed by atoms with van der Waals surface area (Å²) >= 11 is 0. The van der Waals surface area contributed by atoms with E-state index in [1.54, 1.807) is 0 Å². The number of carbonyl (C=O) groups is 4. The molecule has 0 N–H and O–H groups in total. The second kappa shape index (κ2) is 9.32. The molecule has 0 radical (unpaired) electrons. The number of hydrogen-bond acceptors (Lipinski definition) is 8. The van der Waals surface area contributed by atoms with E-state index < -0.39 is 57.4 Å². The molecule has 0 aliphatic heterocycles. The Morgan fingerprint density at radius 1 is 0.528 bits per heavy atom. The highest BCUT2D eigenvalue weighted by Gasteiger charge is 3.03. The Morgan fingerprint density at radius 2 is 0.833 bits per heavy atom. The van der Waals surface area contributed by atoms with Crippen LogP contribution in [0, 0.1) is 45.3 Å². The molecule has 0 saturated heterocycles. The molecule has 4 aliphatic carbocycles. The Labute approximate surface area is 214 Å². The van der Waals surface area contributed by atoms with Crippen molar-refractivity contribution in [1.29, 1.82) is 0 Å². The van der Waals surface area contributed by atoms with Crippen LogP contribution in [0.25, 0.3) is 0 Å². The van der Waals surface area contributed by atoms with Gasteiger partial charge in [-0.1, -0.05) is 52.4 Å². The fourth-order valence-corrected chi connectivity index (χ4v) is 9.51. The standard InChI is InChI=1S/C28H42O8/c1-25(17-13-9-7-10-14-17)19(21(29)33-3)27(25,23(31)35-5)28(24(32)36-6)20(22(30)34-4)26(28,2)18-15-11-8-12-16-18/h17-20H,7-16H2,1-6H3/t19?,20?,25-,26+,27-,28-/m1/s1. The fraction of sp³-hybridized carbons (Fsp3) is 0.857. The highest BCUT2D eigenvalue weighted by molar-refractivity contribution is 6.06. The minimum atomic E-state index is -1.58. The summed E-state index contributed by atoms with van der Waals surface area (Å²) in [4.78, 5) is 55.2. The van der Waals surface area contributed by atoms with Gasteiger partial charge < -0.3 is 18.9 Å². The van der Waals surface area contributed by atoms with Gasteiger partial charge >= 0.3 is 23.9 Å². The Kier molecular flexibility index (Phi) is 6.97. The van der Waals surface area contributed by atoms with Gasteiger partial charge in [0.1, 0.15) is 10.8 Å². The highest BCUT2D eigenvalue weighted by Crippen LogP contribution is 2.94. The first-order chi connectivity index (χ1) is 17.1. The van der Waals surface area contributed by atoms with E-state index in [9.17, 15) is 19.2 Å². The van der Waals surface area contributed by atoms with Gasteiger partial charge in [-0.25, -0.2) is 0 Å². The second-order valence-corrected chi connectivity index (χ2v) is 11.7. The van der Waals surface area contributed by atoms with Gasteiger partial charge in [-0.15, -0.1) is 0 Å². The Morgan fingerprint density at radius 3 is 1.08 bits per heavy atom. The van der Waals surface area contributed by atoms with Gasteiger partial charge in [0, 0.05) is 10.8 Å². The van der Waals surface area contributed by atoms with Crippen LogP contribution in [-0.2, 0) is 38.1 Å². The van der Waals surface area contributed by atoms with Crippen molar-refractivity contribution in [2.24, 2.45) is 45.3 Å². The van der Waals surface area contributed by atoms with Gasteiger partial charge in [-0.05, 0) is 37.5 Å². The molecule has 0 amide bonds. The predicted molar refractivity (Wildman–Crippen MR) is 129 cm³/mol. The Balaban J connectivity index is 2.02. The van der Waals surface area contributed by atoms with E-state index >= 15 is 0 Å². The quantitative estimate of drug-likeness (QED) is 0.376. The lowest BCUT2D eigenvalue weighted by Gasteiger charge is -2.38. The van der Waals surface area contributed by atoms with Crippen LogP contribution in [0.3, 0.4) is 0 Å². The zero-order valence-corrected chi connectivity index (χ0v) is 22.6. The van der Waals surface area contributed by atoms with Crippen molar-refractivity contribution >= 4 is 23.9 Å². The molecule has 0 heterocycles. The van der Waals surface area contributed by atoms with Crippen LogP contribution in [0.1, 0.15) is 78.1 Å². The lowest BCUT2D eigenvalue weighted by atomic mass is 9.64. The molecule has 0 aromatic carbocycles. The smallest absolute Gasteiger partial charge is 0.314 e. The first-order valence-corrected chi connectivity index (χ1v) is 13.5. The van der Waals surface area contributed by atoms with Gasteiger partial charge in [0.15, 0.2) is 0 Å². The van der Waals surface area contributed by atoms with Crippen LogP contribution >= 0.6 is 0 Å². The van der Waals surface area contributed by atoms with E-state index in [4.69, 9.17) is 18.9 Å². The van der Waals surface area contributed by atoms with Crippen LogP contribution in [0.4, 0.5) is 0 Å². The summed E-state index contributed by atoms with van der Waals surface area (Å²) in [6.45, 7) is 3.86. The minimum Gasteiger partial charge on any atom is -0.469 e. The molecule has 4 rings (SSSR count). The molecule has 0 aromatic heterocycles. The molecule has 4 aliphatic rings. The summed E-state index contributed by atoms with van der Waals surface area (Å²) in [6, 6.07) is 0. The van der Waals surface area contributed by atoms with Crippen molar-refractivity contribution in [3.8, 4) is 0 Å². The number of methoxy groups -OCH3 is 4. The minimum absolute atomic E-state index is 0.00508. The van der Waals surface area contributed by atoms with E-state index in [0.717, 1.165) is 64.2 Å². The number of hydrogen-bond donors (Lipinski definition) is 0. The zero-order chi connectivity index (χ0) is 26.5. The largest absolute Gasteiger partial charge is 0.469 e. The summed E-state index contributed by atoms with van der Waals surface area (Å²) in [6.07, 6.45) is 9.46. The van der Waals surface area contributed by atoms with E-state index in [0.29, 0.717) is 0 Å². The number of esters is 4. The Hall–Kier alpha value is -2.12. The van der Waals surface area contributed by atoms with E-state index in [1.165, 1.54) is 28.4 Å². The third-order valence-corrected chi connectivity index (χ3v) is 11.0. The summed E-state index contributed by atoms with van der Waals surface area (Å²) in [5.74, 6) is -4.17. The predicted octanol–water partition coefficient (Wildman–Crippen LogP) is 4.08. The monoisotopic (exact) mass is 506 g/mol. The third kappa shape index (κ3) is 2.99. The maximum absolute atomic E-state index is 14.1. The molecule has 36 heavy (non-hydrogen) atoms. The molecule has 0 bridgehead atoms. The lowest BCUT2D eigenvalue weighted by Crippen LogP contribution is -2.47. The van der Waals surface area contributed by atoms with E-state index in [1.807, 2.05) is 13.8 Å². The highest BCUT2D eigenvalue weighted by atomic mass is 16.5. The van der Waals surface area contributed by atoms with Crippen molar-refractivity contribution in [3.05, 3.63) is 0 Å². The normalized spacial score (nSPS) is 40.6. The molecule has 2 unspecified atom stereocenters. The molecule has 6 atom stereocenters. The third-order valence-electron chi connectivity index (χ3n) is 11.0. The zero-order valence-electron chi connectivity index (χ0n) is 22.6.